The summed E-state index contributed by atoms with van der Waals surface area (Å²) < 4.78 is 11.6. The number of nitrogens with zero attached hydrogens (tertiary/aromatic N) is 2. The smallest absolute Gasteiger partial charge is 0.213 e. The fourth-order valence-electron chi connectivity index (χ4n) is 3.49. The first kappa shape index (κ1) is 14.8. The molecule has 1 aromatic rings. The van der Waals surface area contributed by atoms with Gasteiger partial charge in [-0.15, -0.1) is 0 Å². The van der Waals surface area contributed by atoms with E-state index in [1.807, 2.05) is 25.1 Å². The van der Waals surface area contributed by atoms with Gasteiger partial charge in [-0.2, -0.15) is 0 Å². The van der Waals surface area contributed by atoms with E-state index in [0.717, 1.165) is 50.7 Å². The minimum absolute atomic E-state index is 0.311. The topological polar surface area (TPSA) is 34.6 Å². The maximum absolute atomic E-state index is 6.04. The van der Waals surface area contributed by atoms with Crippen molar-refractivity contribution in [3.8, 4) is 5.88 Å². The second-order valence-electron chi connectivity index (χ2n) is 6.38. The number of aromatic nitrogens is 1. The molecule has 0 spiro atoms. The molecule has 2 fully saturated rings. The van der Waals surface area contributed by atoms with Crippen LogP contribution in [0, 0.1) is 12.8 Å². The van der Waals surface area contributed by atoms with Gasteiger partial charge in [-0.05, 0) is 38.2 Å². The molecule has 116 valence electrons. The van der Waals surface area contributed by atoms with Gasteiger partial charge in [0.15, 0.2) is 0 Å². The predicted molar refractivity (Wildman–Crippen MR) is 82.6 cm³/mol. The van der Waals surface area contributed by atoms with Crippen LogP contribution in [-0.2, 0) is 4.74 Å². The van der Waals surface area contributed by atoms with E-state index in [-0.39, 0.29) is 0 Å². The number of pyridine rings is 1. The molecule has 0 aromatic carbocycles. The van der Waals surface area contributed by atoms with Crippen LogP contribution in [0.5, 0.6) is 5.88 Å². The SMILES string of the molecule is Cc1cccc(OC2CCN([C@@H]3CCOC[C@H]3C)CC2)n1. The zero-order valence-corrected chi connectivity index (χ0v) is 13.1. The van der Waals surface area contributed by atoms with Gasteiger partial charge in [0.05, 0.1) is 6.61 Å². The lowest BCUT2D eigenvalue weighted by atomic mass is 9.93. The minimum Gasteiger partial charge on any atom is -0.474 e. The highest BCUT2D eigenvalue weighted by molar-refractivity contribution is 5.15. The predicted octanol–water partition coefficient (Wildman–Crippen LogP) is 2.66. The third-order valence-corrected chi connectivity index (χ3v) is 4.69. The lowest BCUT2D eigenvalue weighted by Gasteiger charge is -2.42. The summed E-state index contributed by atoms with van der Waals surface area (Å²) in [4.78, 5) is 7.07. The molecule has 3 heterocycles. The number of aryl methyl sites for hydroxylation is 1. The van der Waals surface area contributed by atoms with Crippen molar-refractivity contribution >= 4 is 0 Å². The fourth-order valence-corrected chi connectivity index (χ4v) is 3.49. The number of hydrogen-bond acceptors (Lipinski definition) is 4. The van der Waals surface area contributed by atoms with E-state index in [2.05, 4.69) is 16.8 Å². The largest absolute Gasteiger partial charge is 0.474 e. The molecular weight excluding hydrogens is 264 g/mol. The van der Waals surface area contributed by atoms with Crippen LogP contribution in [0.4, 0.5) is 0 Å². The van der Waals surface area contributed by atoms with E-state index in [1.165, 1.54) is 6.42 Å². The molecule has 0 amide bonds. The van der Waals surface area contributed by atoms with Crippen LogP contribution in [0.15, 0.2) is 18.2 Å². The number of rotatable bonds is 3. The first-order chi connectivity index (χ1) is 10.2. The zero-order chi connectivity index (χ0) is 14.7. The Hall–Kier alpha value is -1.13. The van der Waals surface area contributed by atoms with Crippen LogP contribution >= 0.6 is 0 Å². The summed E-state index contributed by atoms with van der Waals surface area (Å²) in [6.07, 6.45) is 3.68. The molecule has 4 nitrogen and oxygen atoms in total. The number of ether oxygens (including phenoxy) is 2. The standard InChI is InChI=1S/C17H26N2O2/c1-13-12-20-11-8-16(13)19-9-6-15(7-10-19)21-17-5-3-4-14(2)18-17/h3-5,13,15-16H,6-12H2,1-2H3/t13-,16-/m1/s1. The maximum atomic E-state index is 6.04. The molecule has 0 aliphatic carbocycles. The fraction of sp³-hybridized carbons (Fsp3) is 0.706. The monoisotopic (exact) mass is 290 g/mol. The molecule has 1 aromatic heterocycles. The van der Waals surface area contributed by atoms with Crippen LogP contribution in [-0.4, -0.2) is 48.3 Å². The summed E-state index contributed by atoms with van der Waals surface area (Å²) in [5.74, 6) is 1.42. The molecule has 2 aliphatic heterocycles. The second-order valence-corrected chi connectivity index (χ2v) is 6.38. The van der Waals surface area contributed by atoms with E-state index in [1.54, 1.807) is 0 Å². The van der Waals surface area contributed by atoms with E-state index in [4.69, 9.17) is 9.47 Å². The van der Waals surface area contributed by atoms with E-state index in [0.29, 0.717) is 18.1 Å². The summed E-state index contributed by atoms with van der Waals surface area (Å²) in [6, 6.07) is 6.66. The van der Waals surface area contributed by atoms with Crippen molar-refractivity contribution in [2.75, 3.05) is 26.3 Å². The molecule has 0 bridgehead atoms. The summed E-state index contributed by atoms with van der Waals surface area (Å²) >= 11 is 0. The lowest BCUT2D eigenvalue weighted by Crippen LogP contribution is -2.49. The van der Waals surface area contributed by atoms with Gasteiger partial charge in [-0.25, -0.2) is 4.98 Å². The van der Waals surface area contributed by atoms with Gasteiger partial charge < -0.3 is 9.47 Å². The number of likely N-dealkylation sites (tertiary alicyclic amines) is 1. The van der Waals surface area contributed by atoms with E-state index >= 15 is 0 Å². The van der Waals surface area contributed by atoms with Gasteiger partial charge in [0.25, 0.3) is 0 Å². The molecule has 0 unspecified atom stereocenters. The molecule has 0 radical (unpaired) electrons. The Morgan fingerprint density at radius 1 is 1.24 bits per heavy atom. The molecule has 2 saturated heterocycles. The van der Waals surface area contributed by atoms with Gasteiger partial charge in [-0.3, -0.25) is 4.90 Å². The van der Waals surface area contributed by atoms with Crippen LogP contribution in [0.25, 0.3) is 0 Å². The molecule has 2 aliphatic rings. The van der Waals surface area contributed by atoms with Crippen LogP contribution in [0.1, 0.15) is 31.9 Å². The molecule has 4 heteroatoms. The Kier molecular flexibility index (Phi) is 4.76. The maximum Gasteiger partial charge on any atom is 0.213 e. The van der Waals surface area contributed by atoms with Crippen LogP contribution in [0.3, 0.4) is 0 Å². The Morgan fingerprint density at radius 2 is 2.05 bits per heavy atom. The van der Waals surface area contributed by atoms with Crippen molar-refractivity contribution in [3.63, 3.8) is 0 Å². The lowest BCUT2D eigenvalue weighted by molar-refractivity contribution is -0.0235. The van der Waals surface area contributed by atoms with Crippen molar-refractivity contribution in [1.82, 2.24) is 9.88 Å². The first-order valence-electron chi connectivity index (χ1n) is 8.14. The Balaban J connectivity index is 1.50. The molecule has 3 rings (SSSR count). The Morgan fingerprint density at radius 3 is 2.76 bits per heavy atom. The minimum atomic E-state index is 0.311. The summed E-state index contributed by atoms with van der Waals surface area (Å²) in [7, 11) is 0. The van der Waals surface area contributed by atoms with Gasteiger partial charge in [-0.1, -0.05) is 13.0 Å². The highest BCUT2D eigenvalue weighted by atomic mass is 16.5. The van der Waals surface area contributed by atoms with Gasteiger partial charge in [0.2, 0.25) is 5.88 Å². The quantitative estimate of drug-likeness (QED) is 0.857. The van der Waals surface area contributed by atoms with Gasteiger partial charge in [0.1, 0.15) is 6.10 Å². The second kappa shape index (κ2) is 6.75. The Bertz CT molecular complexity index is 458. The number of piperidine rings is 1. The van der Waals surface area contributed by atoms with Crippen molar-refractivity contribution < 1.29 is 9.47 Å². The third kappa shape index (κ3) is 3.74. The zero-order valence-electron chi connectivity index (χ0n) is 13.1. The first-order valence-corrected chi connectivity index (χ1v) is 8.14. The third-order valence-electron chi connectivity index (χ3n) is 4.69. The van der Waals surface area contributed by atoms with Crippen LogP contribution in [0.2, 0.25) is 0 Å². The summed E-state index contributed by atoms with van der Waals surface area (Å²) in [5.41, 5.74) is 1.01. The van der Waals surface area contributed by atoms with Crippen molar-refractivity contribution in [2.24, 2.45) is 5.92 Å². The summed E-state index contributed by atoms with van der Waals surface area (Å²) in [5, 5.41) is 0. The van der Waals surface area contributed by atoms with Gasteiger partial charge >= 0.3 is 0 Å². The van der Waals surface area contributed by atoms with Crippen molar-refractivity contribution in [3.05, 3.63) is 23.9 Å². The molecule has 2 atom stereocenters. The average Bonchev–Trinajstić information content (AvgIpc) is 2.49. The number of hydrogen-bond donors (Lipinski definition) is 0. The molecular formula is C17H26N2O2. The highest BCUT2D eigenvalue weighted by Crippen LogP contribution is 2.25. The van der Waals surface area contributed by atoms with Crippen LogP contribution < -0.4 is 4.74 Å². The van der Waals surface area contributed by atoms with Crippen molar-refractivity contribution in [2.45, 2.75) is 45.3 Å². The van der Waals surface area contributed by atoms with E-state index in [9.17, 15) is 0 Å². The molecule has 0 saturated carbocycles. The van der Waals surface area contributed by atoms with Gasteiger partial charge in [0, 0.05) is 37.5 Å². The van der Waals surface area contributed by atoms with Crippen molar-refractivity contribution in [1.29, 1.82) is 0 Å². The Labute approximate surface area is 127 Å². The average molecular weight is 290 g/mol. The summed E-state index contributed by atoms with van der Waals surface area (Å²) in [6.45, 7) is 8.40. The molecule has 0 N–H and O–H groups in total. The highest BCUT2D eigenvalue weighted by Gasteiger charge is 2.31. The normalized spacial score (nSPS) is 28.5. The van der Waals surface area contributed by atoms with E-state index < -0.39 is 0 Å². The molecule has 21 heavy (non-hydrogen) atoms.